The number of nitriles is 1. The average Bonchev–Trinajstić information content (AvgIpc) is 3.04. The Labute approximate surface area is 178 Å². The van der Waals surface area contributed by atoms with Gasteiger partial charge >= 0.3 is 0 Å². The minimum atomic E-state index is -4.18. The highest BCUT2D eigenvalue weighted by atomic mass is 32.2. The Morgan fingerprint density at radius 1 is 1.26 bits per heavy atom. The van der Waals surface area contributed by atoms with E-state index < -0.39 is 29.4 Å². The first-order valence-corrected chi connectivity index (χ1v) is 11.4. The first kappa shape index (κ1) is 21.3. The lowest BCUT2D eigenvalue weighted by Gasteiger charge is -2.29. The quantitative estimate of drug-likeness (QED) is 0.599. The molecule has 0 radical (unpaired) electrons. The van der Waals surface area contributed by atoms with Crippen molar-refractivity contribution in [2.75, 3.05) is 13.3 Å². The van der Waals surface area contributed by atoms with Crippen LogP contribution in [0.15, 0.2) is 35.5 Å². The van der Waals surface area contributed by atoms with Gasteiger partial charge in [0.15, 0.2) is 5.82 Å². The minimum absolute atomic E-state index is 0.214. The van der Waals surface area contributed by atoms with Crippen molar-refractivity contribution in [1.29, 1.82) is 5.26 Å². The van der Waals surface area contributed by atoms with Crippen LogP contribution in [0.2, 0.25) is 0 Å². The highest BCUT2D eigenvalue weighted by molar-refractivity contribution is 7.89. The number of sulfonamides is 1. The predicted octanol–water partition coefficient (Wildman–Crippen LogP) is 3.59. The SMILES string of the molecule is Cc1ccc2c(c1)c(C#N)c(-c1ncc(S(=O)(=O)NC(CF)CF)cn1)n2C1CCC1. The molecule has 0 aliphatic heterocycles. The second kappa shape index (κ2) is 8.32. The maximum absolute atomic E-state index is 12.7. The first-order valence-electron chi connectivity index (χ1n) is 9.91. The molecule has 162 valence electrons. The molecule has 0 unspecified atom stereocenters. The number of halogens is 2. The van der Waals surface area contributed by atoms with Crippen LogP contribution >= 0.6 is 0 Å². The summed E-state index contributed by atoms with van der Waals surface area (Å²) in [7, 11) is -4.18. The predicted molar refractivity (Wildman–Crippen MR) is 111 cm³/mol. The zero-order valence-corrected chi connectivity index (χ0v) is 17.7. The number of aryl methyl sites for hydroxylation is 1. The molecule has 2 aromatic heterocycles. The van der Waals surface area contributed by atoms with E-state index in [0.717, 1.165) is 48.1 Å². The number of alkyl halides is 2. The van der Waals surface area contributed by atoms with Crippen LogP contribution in [0.5, 0.6) is 0 Å². The molecule has 0 amide bonds. The Hall–Kier alpha value is -2.90. The first-order chi connectivity index (χ1) is 14.9. The van der Waals surface area contributed by atoms with Crippen molar-refractivity contribution in [2.45, 2.75) is 43.2 Å². The molecule has 0 saturated heterocycles. The molecule has 4 rings (SSSR count). The summed E-state index contributed by atoms with van der Waals surface area (Å²) < 4.78 is 54.2. The Kier molecular flexibility index (Phi) is 5.73. The van der Waals surface area contributed by atoms with Gasteiger partial charge in [-0.25, -0.2) is 31.9 Å². The minimum Gasteiger partial charge on any atom is -0.334 e. The van der Waals surface area contributed by atoms with Gasteiger partial charge in [0.25, 0.3) is 0 Å². The van der Waals surface area contributed by atoms with Crippen molar-refractivity contribution in [2.24, 2.45) is 0 Å². The number of rotatable bonds is 7. The molecule has 1 fully saturated rings. The number of nitrogens with zero attached hydrogens (tertiary/aromatic N) is 4. The highest BCUT2D eigenvalue weighted by Crippen LogP contribution is 2.41. The molecule has 31 heavy (non-hydrogen) atoms. The van der Waals surface area contributed by atoms with Crippen molar-refractivity contribution in [3.63, 3.8) is 0 Å². The van der Waals surface area contributed by atoms with E-state index in [4.69, 9.17) is 0 Å². The third kappa shape index (κ3) is 3.79. The van der Waals surface area contributed by atoms with Crippen molar-refractivity contribution < 1.29 is 17.2 Å². The molecule has 3 aromatic rings. The van der Waals surface area contributed by atoms with E-state index in [1.165, 1.54) is 0 Å². The summed E-state index contributed by atoms with van der Waals surface area (Å²) in [6.07, 6.45) is 5.21. The van der Waals surface area contributed by atoms with Crippen LogP contribution in [0.1, 0.15) is 36.4 Å². The lowest BCUT2D eigenvalue weighted by atomic mass is 9.92. The van der Waals surface area contributed by atoms with Crippen LogP contribution in [-0.4, -0.2) is 42.3 Å². The lowest BCUT2D eigenvalue weighted by Crippen LogP contribution is -2.38. The molecule has 1 aromatic carbocycles. The Morgan fingerprint density at radius 3 is 2.48 bits per heavy atom. The fourth-order valence-corrected chi connectivity index (χ4v) is 4.84. The summed E-state index contributed by atoms with van der Waals surface area (Å²) in [5.41, 5.74) is 2.92. The number of fused-ring (bicyclic) bond motifs is 1. The second-order valence-corrected chi connectivity index (χ2v) is 9.39. The molecule has 0 spiro atoms. The molecule has 1 aliphatic carbocycles. The zero-order valence-electron chi connectivity index (χ0n) is 16.8. The van der Waals surface area contributed by atoms with Crippen molar-refractivity contribution in [3.05, 3.63) is 41.7 Å². The topological polar surface area (TPSA) is 101 Å². The summed E-state index contributed by atoms with van der Waals surface area (Å²) in [5, 5.41) is 10.7. The fourth-order valence-electron chi connectivity index (χ4n) is 3.75. The Morgan fingerprint density at radius 2 is 1.94 bits per heavy atom. The van der Waals surface area contributed by atoms with E-state index in [-0.39, 0.29) is 16.8 Å². The van der Waals surface area contributed by atoms with E-state index in [2.05, 4.69) is 20.6 Å². The molecular weight excluding hydrogens is 424 g/mol. The van der Waals surface area contributed by atoms with Gasteiger partial charge in [-0.15, -0.1) is 0 Å². The largest absolute Gasteiger partial charge is 0.334 e. The van der Waals surface area contributed by atoms with Gasteiger partial charge < -0.3 is 4.57 Å². The third-order valence-corrected chi connectivity index (χ3v) is 7.03. The van der Waals surface area contributed by atoms with E-state index in [1.54, 1.807) is 0 Å². The smallest absolute Gasteiger partial charge is 0.244 e. The fraction of sp³-hybridized carbons (Fsp3) is 0.381. The van der Waals surface area contributed by atoms with Gasteiger partial charge in [0.05, 0.1) is 29.5 Å². The van der Waals surface area contributed by atoms with E-state index in [9.17, 15) is 22.5 Å². The van der Waals surface area contributed by atoms with Gasteiger partial charge in [0.2, 0.25) is 10.0 Å². The van der Waals surface area contributed by atoms with Crippen LogP contribution in [0.25, 0.3) is 22.4 Å². The maximum Gasteiger partial charge on any atom is 0.244 e. The molecular formula is C21H21F2N5O2S. The number of nitrogens with one attached hydrogen (secondary N) is 1. The molecule has 2 heterocycles. The van der Waals surface area contributed by atoms with Crippen LogP contribution in [0.4, 0.5) is 8.78 Å². The van der Waals surface area contributed by atoms with Gasteiger partial charge in [0, 0.05) is 11.4 Å². The van der Waals surface area contributed by atoms with E-state index >= 15 is 0 Å². The van der Waals surface area contributed by atoms with Gasteiger partial charge in [0.1, 0.15) is 30.0 Å². The van der Waals surface area contributed by atoms with Crippen LogP contribution in [0.3, 0.4) is 0 Å². The van der Waals surface area contributed by atoms with Crippen molar-refractivity contribution in [1.82, 2.24) is 19.3 Å². The molecule has 10 heteroatoms. The lowest BCUT2D eigenvalue weighted by molar-refractivity contribution is 0.323. The molecule has 0 bridgehead atoms. The van der Waals surface area contributed by atoms with Gasteiger partial charge in [-0.2, -0.15) is 5.26 Å². The molecule has 0 atom stereocenters. The van der Waals surface area contributed by atoms with Crippen molar-refractivity contribution >= 4 is 20.9 Å². The number of hydrogen-bond donors (Lipinski definition) is 1. The Bertz CT molecular complexity index is 1260. The van der Waals surface area contributed by atoms with Gasteiger partial charge in [-0.05, 0) is 38.3 Å². The molecule has 1 N–H and O–H groups in total. The standard InChI is InChI=1S/C21H21F2N5O2S/c1-13-5-6-19-17(7-13)18(10-24)20(28(19)15-3-2-4-15)21-25-11-16(12-26-21)31(29,30)27-14(8-22)9-23/h5-7,11-12,14-15,27H,2-4,8-9H2,1H3. The van der Waals surface area contributed by atoms with Crippen LogP contribution in [0, 0.1) is 18.3 Å². The summed E-state index contributed by atoms with van der Waals surface area (Å²) in [6.45, 7) is -0.381. The summed E-state index contributed by atoms with van der Waals surface area (Å²) in [6, 6.07) is 6.92. The third-order valence-electron chi connectivity index (χ3n) is 5.55. The van der Waals surface area contributed by atoms with E-state index in [0.29, 0.717) is 11.3 Å². The summed E-state index contributed by atoms with van der Waals surface area (Å²) >= 11 is 0. The van der Waals surface area contributed by atoms with Gasteiger partial charge in [-0.3, -0.25) is 0 Å². The Balaban J connectivity index is 1.81. The number of benzene rings is 1. The van der Waals surface area contributed by atoms with E-state index in [1.807, 2.05) is 29.8 Å². The second-order valence-electron chi connectivity index (χ2n) is 7.68. The summed E-state index contributed by atoms with van der Waals surface area (Å²) in [5.74, 6) is 0.226. The molecule has 1 aliphatic rings. The average molecular weight is 445 g/mol. The molecule has 1 saturated carbocycles. The van der Waals surface area contributed by atoms with Gasteiger partial charge in [-0.1, -0.05) is 11.6 Å². The number of hydrogen-bond acceptors (Lipinski definition) is 5. The highest BCUT2D eigenvalue weighted by Gasteiger charge is 2.29. The zero-order chi connectivity index (χ0) is 22.2. The van der Waals surface area contributed by atoms with Crippen molar-refractivity contribution in [3.8, 4) is 17.6 Å². The number of aromatic nitrogens is 3. The monoisotopic (exact) mass is 445 g/mol. The maximum atomic E-state index is 12.7. The molecule has 7 nitrogen and oxygen atoms in total. The van der Waals surface area contributed by atoms with Crippen LogP contribution < -0.4 is 4.72 Å². The summed E-state index contributed by atoms with van der Waals surface area (Å²) in [4.78, 5) is 8.12. The van der Waals surface area contributed by atoms with Crippen LogP contribution in [-0.2, 0) is 10.0 Å². The normalized spacial score (nSPS) is 14.7.